The van der Waals surface area contributed by atoms with E-state index in [4.69, 9.17) is 5.73 Å². The number of nitrogens with two attached hydrogens (primary N) is 1. The largest absolute Gasteiger partial charge is 0.417 e. The standard InChI is InChI=1S/C21H19F3N8O2/c22-21(23,24)13-5-14-15(10-28-18(14)27-9-13)16-12(6-25)8-30-20(31-16)29-7-11-1-3-32(4-2-11)19(34)17(26)33/h5,8-11H,1-4,7H2,(H2,26,33)(H,27,28)(H,29,30,31). The molecule has 34 heavy (non-hydrogen) atoms. The molecule has 0 aromatic carbocycles. The maximum absolute atomic E-state index is 13.2. The molecule has 2 amide bonds. The molecule has 0 atom stereocenters. The third-order valence-corrected chi connectivity index (χ3v) is 5.68. The van der Waals surface area contributed by atoms with Gasteiger partial charge < -0.3 is 20.9 Å². The lowest BCUT2D eigenvalue weighted by Gasteiger charge is -2.31. The van der Waals surface area contributed by atoms with Crippen LogP contribution in [-0.2, 0) is 15.8 Å². The average molecular weight is 472 g/mol. The number of carbonyl (C=O) groups excluding carboxylic acids is 2. The van der Waals surface area contributed by atoms with Crippen molar-refractivity contribution in [1.29, 1.82) is 5.26 Å². The van der Waals surface area contributed by atoms with Crippen LogP contribution in [0.25, 0.3) is 22.3 Å². The number of aromatic amines is 1. The van der Waals surface area contributed by atoms with Crippen LogP contribution in [0.2, 0.25) is 0 Å². The van der Waals surface area contributed by atoms with Gasteiger partial charge in [-0.05, 0) is 24.8 Å². The van der Waals surface area contributed by atoms with Crippen LogP contribution < -0.4 is 11.1 Å². The number of amides is 2. The molecule has 0 saturated carbocycles. The maximum Gasteiger partial charge on any atom is 0.417 e. The van der Waals surface area contributed by atoms with Gasteiger partial charge in [-0.1, -0.05) is 0 Å². The monoisotopic (exact) mass is 472 g/mol. The number of nitrogens with zero attached hydrogens (tertiary/aromatic N) is 5. The minimum absolute atomic E-state index is 0.0992. The molecule has 4 N–H and O–H groups in total. The molecular weight excluding hydrogens is 453 g/mol. The number of H-pyrrole nitrogens is 1. The summed E-state index contributed by atoms with van der Waals surface area (Å²) in [5.41, 5.74) is 4.93. The highest BCUT2D eigenvalue weighted by molar-refractivity contribution is 6.34. The smallest absolute Gasteiger partial charge is 0.361 e. The molecule has 0 radical (unpaired) electrons. The molecule has 1 aliphatic rings. The predicted octanol–water partition coefficient (Wildman–Crippen LogP) is 2.05. The second kappa shape index (κ2) is 8.97. The van der Waals surface area contributed by atoms with Crippen molar-refractivity contribution in [2.24, 2.45) is 11.7 Å². The summed E-state index contributed by atoms with van der Waals surface area (Å²) in [7, 11) is 0. The molecular formula is C21H19F3N8O2. The van der Waals surface area contributed by atoms with E-state index in [1.165, 1.54) is 17.3 Å². The highest BCUT2D eigenvalue weighted by Gasteiger charge is 2.32. The summed E-state index contributed by atoms with van der Waals surface area (Å²) in [6.45, 7) is 1.27. The van der Waals surface area contributed by atoms with E-state index < -0.39 is 23.6 Å². The fourth-order valence-corrected chi connectivity index (χ4v) is 3.84. The summed E-state index contributed by atoms with van der Waals surface area (Å²) >= 11 is 0. The fourth-order valence-electron chi connectivity index (χ4n) is 3.84. The number of alkyl halides is 3. The number of aromatic nitrogens is 4. The Balaban J connectivity index is 1.53. The van der Waals surface area contributed by atoms with Gasteiger partial charge in [0.1, 0.15) is 11.7 Å². The van der Waals surface area contributed by atoms with Crippen molar-refractivity contribution >= 4 is 28.8 Å². The van der Waals surface area contributed by atoms with Crippen LogP contribution >= 0.6 is 0 Å². The van der Waals surface area contributed by atoms with Gasteiger partial charge in [-0.3, -0.25) is 9.59 Å². The maximum atomic E-state index is 13.2. The van der Waals surface area contributed by atoms with Gasteiger partial charge in [0.05, 0.1) is 23.0 Å². The third-order valence-electron chi connectivity index (χ3n) is 5.68. The van der Waals surface area contributed by atoms with Crippen LogP contribution in [0.1, 0.15) is 24.0 Å². The Labute approximate surface area is 191 Å². The van der Waals surface area contributed by atoms with Crippen LogP contribution in [0.15, 0.2) is 24.7 Å². The molecule has 4 heterocycles. The lowest BCUT2D eigenvalue weighted by molar-refractivity contribution is -0.145. The molecule has 0 unspecified atom stereocenters. The topological polar surface area (TPSA) is 154 Å². The zero-order valence-corrected chi connectivity index (χ0v) is 17.7. The first-order valence-corrected chi connectivity index (χ1v) is 10.3. The fraction of sp³-hybridized carbons (Fsp3) is 0.333. The lowest BCUT2D eigenvalue weighted by Crippen LogP contribution is -2.45. The minimum Gasteiger partial charge on any atom is -0.361 e. The SMILES string of the molecule is N#Cc1cnc(NCC2CCN(C(=O)C(N)=O)CC2)nc1-c1c[nH]c2ncc(C(F)(F)F)cc12. The minimum atomic E-state index is -4.57. The molecule has 0 spiro atoms. The predicted molar refractivity (Wildman–Crippen MR) is 114 cm³/mol. The molecule has 4 rings (SSSR count). The number of carbonyl (C=O) groups is 2. The van der Waals surface area contributed by atoms with Crippen molar-refractivity contribution in [3.8, 4) is 17.3 Å². The first-order valence-electron chi connectivity index (χ1n) is 10.3. The van der Waals surface area contributed by atoms with Crippen LogP contribution in [0, 0.1) is 17.2 Å². The number of fused-ring (bicyclic) bond motifs is 1. The molecule has 1 fully saturated rings. The van der Waals surface area contributed by atoms with Gasteiger partial charge >= 0.3 is 18.0 Å². The normalized spacial score (nSPS) is 14.7. The second-order valence-corrected chi connectivity index (χ2v) is 7.87. The van der Waals surface area contributed by atoms with Crippen molar-refractivity contribution < 1.29 is 22.8 Å². The first-order chi connectivity index (χ1) is 16.2. The number of hydrogen-bond donors (Lipinski definition) is 3. The van der Waals surface area contributed by atoms with E-state index >= 15 is 0 Å². The number of primary amides is 1. The Bertz CT molecular complexity index is 1290. The average Bonchev–Trinajstić information content (AvgIpc) is 3.25. The van der Waals surface area contributed by atoms with Gasteiger partial charge in [0.2, 0.25) is 5.95 Å². The van der Waals surface area contributed by atoms with Gasteiger partial charge in [-0.25, -0.2) is 15.0 Å². The molecule has 1 aliphatic heterocycles. The van der Waals surface area contributed by atoms with Gasteiger partial charge in [0, 0.05) is 43.0 Å². The Hall–Kier alpha value is -4.21. The summed E-state index contributed by atoms with van der Waals surface area (Å²) in [5.74, 6) is -1.30. The number of pyridine rings is 1. The molecule has 3 aromatic rings. The van der Waals surface area contributed by atoms with E-state index in [0.717, 1.165) is 12.3 Å². The van der Waals surface area contributed by atoms with Gasteiger partial charge in [-0.2, -0.15) is 18.4 Å². The van der Waals surface area contributed by atoms with Crippen molar-refractivity contribution in [2.75, 3.05) is 25.0 Å². The number of nitrogens with one attached hydrogen (secondary N) is 2. The third kappa shape index (κ3) is 4.61. The highest BCUT2D eigenvalue weighted by Crippen LogP contribution is 2.34. The summed E-state index contributed by atoms with van der Waals surface area (Å²) in [4.78, 5) is 39.3. The van der Waals surface area contributed by atoms with Crippen LogP contribution in [0.5, 0.6) is 0 Å². The number of nitriles is 1. The Morgan fingerprint density at radius 1 is 1.26 bits per heavy atom. The first kappa shape index (κ1) is 23.0. The van der Waals surface area contributed by atoms with Crippen LogP contribution in [0.3, 0.4) is 0 Å². The number of piperidine rings is 1. The quantitative estimate of drug-likeness (QED) is 0.491. The van der Waals surface area contributed by atoms with E-state index in [1.54, 1.807) is 0 Å². The molecule has 3 aromatic heterocycles. The van der Waals surface area contributed by atoms with Crippen LogP contribution in [0.4, 0.5) is 19.1 Å². The molecule has 0 aliphatic carbocycles. The zero-order valence-electron chi connectivity index (χ0n) is 17.7. The Kier molecular flexibility index (Phi) is 6.06. The van der Waals surface area contributed by atoms with Crippen LogP contribution in [-0.4, -0.2) is 56.3 Å². The summed E-state index contributed by atoms with van der Waals surface area (Å²) in [6.07, 6.45) is 0.217. The molecule has 10 nitrogen and oxygen atoms in total. The van der Waals surface area contributed by atoms with Gasteiger partial charge in [-0.15, -0.1) is 0 Å². The Morgan fingerprint density at radius 3 is 2.65 bits per heavy atom. The molecule has 176 valence electrons. The van der Waals surface area contributed by atoms with Gasteiger partial charge in [0.15, 0.2) is 0 Å². The Morgan fingerprint density at radius 2 is 2.00 bits per heavy atom. The summed E-state index contributed by atoms with van der Waals surface area (Å²) in [5, 5.41) is 12.8. The van der Waals surface area contributed by atoms with E-state index in [0.29, 0.717) is 38.0 Å². The summed E-state index contributed by atoms with van der Waals surface area (Å²) in [6, 6.07) is 2.93. The number of halogens is 3. The molecule has 0 bridgehead atoms. The highest BCUT2D eigenvalue weighted by atomic mass is 19.4. The number of hydrogen-bond acceptors (Lipinski definition) is 7. The zero-order chi connectivity index (χ0) is 24.5. The van der Waals surface area contributed by atoms with E-state index in [2.05, 4.69) is 25.3 Å². The van der Waals surface area contributed by atoms with Gasteiger partial charge in [0.25, 0.3) is 0 Å². The van der Waals surface area contributed by atoms with Crippen molar-refractivity contribution in [2.45, 2.75) is 19.0 Å². The summed E-state index contributed by atoms with van der Waals surface area (Å²) < 4.78 is 39.5. The van der Waals surface area contributed by atoms with Crippen molar-refractivity contribution in [1.82, 2.24) is 24.8 Å². The number of rotatable bonds is 4. The molecule has 13 heteroatoms. The van der Waals surface area contributed by atoms with Crippen molar-refractivity contribution in [3.05, 3.63) is 35.8 Å². The molecule has 1 saturated heterocycles. The van der Waals surface area contributed by atoms with E-state index in [1.807, 2.05) is 6.07 Å². The second-order valence-electron chi connectivity index (χ2n) is 7.87. The number of anilines is 1. The van der Waals surface area contributed by atoms with Crippen molar-refractivity contribution in [3.63, 3.8) is 0 Å². The number of likely N-dealkylation sites (tertiary alicyclic amines) is 1. The van der Waals surface area contributed by atoms with E-state index in [-0.39, 0.29) is 34.2 Å². The lowest BCUT2D eigenvalue weighted by atomic mass is 9.97. The van der Waals surface area contributed by atoms with E-state index in [9.17, 15) is 28.0 Å².